The molecule has 1 aromatic rings. The van der Waals surface area contributed by atoms with E-state index >= 15 is 0 Å². The van der Waals surface area contributed by atoms with Crippen molar-refractivity contribution in [2.75, 3.05) is 32.8 Å². The minimum atomic E-state index is -0.378. The number of morpholine rings is 1. The monoisotopic (exact) mass is 270 g/mol. The van der Waals surface area contributed by atoms with Crippen molar-refractivity contribution in [3.63, 3.8) is 0 Å². The third-order valence-electron chi connectivity index (χ3n) is 3.68. The van der Waals surface area contributed by atoms with Gasteiger partial charge < -0.3 is 10.1 Å². The Morgan fingerprint density at radius 2 is 2.33 bits per heavy atom. The summed E-state index contributed by atoms with van der Waals surface area (Å²) >= 11 is 5.82. The molecule has 18 heavy (non-hydrogen) atoms. The average molecular weight is 271 g/mol. The zero-order valence-electron chi connectivity index (χ0n) is 10.0. The second-order valence-corrected chi connectivity index (χ2v) is 5.26. The van der Waals surface area contributed by atoms with Crippen LogP contribution >= 0.6 is 11.6 Å². The van der Waals surface area contributed by atoms with Gasteiger partial charge in [-0.3, -0.25) is 4.90 Å². The third kappa shape index (κ3) is 2.38. The molecule has 1 aromatic carbocycles. The Kier molecular flexibility index (Phi) is 3.52. The molecule has 2 saturated heterocycles. The lowest BCUT2D eigenvalue weighted by Crippen LogP contribution is -2.57. The number of hydrogen-bond donors (Lipinski definition) is 1. The van der Waals surface area contributed by atoms with Crippen molar-refractivity contribution >= 4 is 11.6 Å². The lowest BCUT2D eigenvalue weighted by atomic mass is 10.0. The number of piperazine rings is 1. The molecule has 98 valence electrons. The quantitative estimate of drug-likeness (QED) is 0.843. The molecule has 0 bridgehead atoms. The topological polar surface area (TPSA) is 24.5 Å². The average Bonchev–Trinajstić information content (AvgIpc) is 2.41. The Balaban J connectivity index is 1.75. The van der Waals surface area contributed by atoms with Crippen LogP contribution in [-0.4, -0.2) is 43.7 Å². The maximum atomic E-state index is 13.1. The molecular formula is C13H16ClFN2O. The number of benzene rings is 1. The summed E-state index contributed by atoms with van der Waals surface area (Å²) in [7, 11) is 0. The predicted octanol–water partition coefficient (Wildman–Crippen LogP) is 1.82. The Labute approximate surface area is 111 Å². The van der Waals surface area contributed by atoms with Crippen LogP contribution in [0.5, 0.6) is 0 Å². The summed E-state index contributed by atoms with van der Waals surface area (Å²) in [6.07, 6.45) is -0.00236. The van der Waals surface area contributed by atoms with Crippen LogP contribution in [-0.2, 0) is 4.74 Å². The van der Waals surface area contributed by atoms with Crippen molar-refractivity contribution in [2.45, 2.75) is 12.1 Å². The molecule has 5 heteroatoms. The molecule has 1 N–H and O–H groups in total. The Hall–Kier alpha value is -0.680. The van der Waals surface area contributed by atoms with E-state index in [9.17, 15) is 4.39 Å². The molecule has 0 spiro atoms. The maximum Gasteiger partial charge on any atom is 0.141 e. The van der Waals surface area contributed by atoms with E-state index in [4.69, 9.17) is 16.3 Å². The maximum absolute atomic E-state index is 13.1. The zero-order valence-corrected chi connectivity index (χ0v) is 10.8. The van der Waals surface area contributed by atoms with Crippen molar-refractivity contribution in [1.29, 1.82) is 0 Å². The molecule has 2 aliphatic heterocycles. The SMILES string of the molecule is Fc1ccc(C2CN3CCNC[C@H]3CO2)cc1Cl. The highest BCUT2D eigenvalue weighted by atomic mass is 35.5. The first-order valence-corrected chi connectivity index (χ1v) is 6.63. The van der Waals surface area contributed by atoms with Gasteiger partial charge in [-0.2, -0.15) is 0 Å². The van der Waals surface area contributed by atoms with Crippen LogP contribution in [0.4, 0.5) is 4.39 Å². The fourth-order valence-electron chi connectivity index (χ4n) is 2.61. The molecule has 2 fully saturated rings. The van der Waals surface area contributed by atoms with Crippen molar-refractivity contribution in [2.24, 2.45) is 0 Å². The zero-order chi connectivity index (χ0) is 12.5. The van der Waals surface area contributed by atoms with Crippen LogP contribution in [0.2, 0.25) is 5.02 Å². The molecule has 2 aliphatic rings. The molecule has 3 rings (SSSR count). The van der Waals surface area contributed by atoms with E-state index in [1.165, 1.54) is 6.07 Å². The second-order valence-electron chi connectivity index (χ2n) is 4.85. The van der Waals surface area contributed by atoms with Gasteiger partial charge in [0.15, 0.2) is 0 Å². The molecule has 0 aromatic heterocycles. The first-order chi connectivity index (χ1) is 8.74. The number of nitrogens with one attached hydrogen (secondary N) is 1. The van der Waals surface area contributed by atoms with Crippen molar-refractivity contribution in [3.8, 4) is 0 Å². The van der Waals surface area contributed by atoms with E-state index in [1.807, 2.05) is 0 Å². The molecule has 2 heterocycles. The number of hydrogen-bond acceptors (Lipinski definition) is 3. The van der Waals surface area contributed by atoms with Gasteiger partial charge in [-0.1, -0.05) is 17.7 Å². The first kappa shape index (κ1) is 12.4. The molecular weight excluding hydrogens is 255 g/mol. The van der Waals surface area contributed by atoms with Gasteiger partial charge in [0, 0.05) is 32.2 Å². The molecule has 1 unspecified atom stereocenters. The van der Waals surface area contributed by atoms with Crippen LogP contribution in [0.3, 0.4) is 0 Å². The molecule has 0 aliphatic carbocycles. The molecule has 0 radical (unpaired) electrons. The van der Waals surface area contributed by atoms with Crippen molar-refractivity contribution in [1.82, 2.24) is 10.2 Å². The minimum Gasteiger partial charge on any atom is -0.371 e. The first-order valence-electron chi connectivity index (χ1n) is 6.25. The normalized spacial score (nSPS) is 29.0. The smallest absolute Gasteiger partial charge is 0.141 e. The summed E-state index contributed by atoms with van der Waals surface area (Å²) < 4.78 is 19.0. The van der Waals surface area contributed by atoms with Gasteiger partial charge >= 0.3 is 0 Å². The third-order valence-corrected chi connectivity index (χ3v) is 3.97. The molecule has 0 saturated carbocycles. The standard InChI is InChI=1S/C13H16ClFN2O/c14-11-5-9(1-2-12(11)15)13-7-17-4-3-16-6-10(17)8-18-13/h1-2,5,10,13,16H,3-4,6-8H2/t10-,13?/m0/s1. The van der Waals surface area contributed by atoms with E-state index in [0.717, 1.165) is 31.7 Å². The molecule has 2 atom stereocenters. The van der Waals surface area contributed by atoms with Gasteiger partial charge in [-0.25, -0.2) is 4.39 Å². The lowest BCUT2D eigenvalue weighted by Gasteiger charge is -2.42. The second kappa shape index (κ2) is 5.13. The fraction of sp³-hybridized carbons (Fsp3) is 0.538. The van der Waals surface area contributed by atoms with Crippen LogP contribution in [0.25, 0.3) is 0 Å². The summed E-state index contributed by atoms with van der Waals surface area (Å²) in [5.74, 6) is -0.378. The van der Waals surface area contributed by atoms with Gasteiger partial charge in [0.1, 0.15) is 5.82 Å². The van der Waals surface area contributed by atoms with Crippen LogP contribution in [0.15, 0.2) is 18.2 Å². The van der Waals surface area contributed by atoms with E-state index in [-0.39, 0.29) is 16.9 Å². The fourth-order valence-corrected chi connectivity index (χ4v) is 2.80. The summed E-state index contributed by atoms with van der Waals surface area (Å²) in [6, 6.07) is 5.30. The highest BCUT2D eigenvalue weighted by Gasteiger charge is 2.31. The predicted molar refractivity (Wildman–Crippen MR) is 68.3 cm³/mol. The number of halogens is 2. The highest BCUT2D eigenvalue weighted by molar-refractivity contribution is 6.30. The number of fused-ring (bicyclic) bond motifs is 1. The summed E-state index contributed by atoms with van der Waals surface area (Å²) in [6.45, 7) is 4.62. The largest absolute Gasteiger partial charge is 0.371 e. The Morgan fingerprint density at radius 3 is 3.17 bits per heavy atom. The number of ether oxygens (including phenoxy) is 1. The number of nitrogens with zero attached hydrogens (tertiary/aromatic N) is 1. The van der Waals surface area contributed by atoms with E-state index in [1.54, 1.807) is 12.1 Å². The Bertz CT molecular complexity index is 443. The van der Waals surface area contributed by atoms with Crippen LogP contribution in [0.1, 0.15) is 11.7 Å². The van der Waals surface area contributed by atoms with Crippen molar-refractivity contribution < 1.29 is 9.13 Å². The number of rotatable bonds is 1. The van der Waals surface area contributed by atoms with Gasteiger partial charge in [-0.05, 0) is 17.7 Å². The van der Waals surface area contributed by atoms with E-state index in [0.29, 0.717) is 12.6 Å². The van der Waals surface area contributed by atoms with Gasteiger partial charge in [0.25, 0.3) is 0 Å². The Morgan fingerprint density at radius 1 is 1.44 bits per heavy atom. The van der Waals surface area contributed by atoms with Crippen molar-refractivity contribution in [3.05, 3.63) is 34.6 Å². The molecule has 0 amide bonds. The van der Waals surface area contributed by atoms with Gasteiger partial charge in [0.05, 0.1) is 17.7 Å². The summed E-state index contributed by atoms with van der Waals surface area (Å²) in [5, 5.41) is 3.53. The van der Waals surface area contributed by atoms with E-state index < -0.39 is 0 Å². The summed E-state index contributed by atoms with van der Waals surface area (Å²) in [5.41, 5.74) is 0.957. The summed E-state index contributed by atoms with van der Waals surface area (Å²) in [4.78, 5) is 2.43. The highest BCUT2D eigenvalue weighted by Crippen LogP contribution is 2.28. The van der Waals surface area contributed by atoms with Gasteiger partial charge in [-0.15, -0.1) is 0 Å². The minimum absolute atomic E-state index is 0.00236. The van der Waals surface area contributed by atoms with Gasteiger partial charge in [0.2, 0.25) is 0 Å². The van der Waals surface area contributed by atoms with Crippen LogP contribution in [0, 0.1) is 5.82 Å². The molecule has 3 nitrogen and oxygen atoms in total. The lowest BCUT2D eigenvalue weighted by molar-refractivity contribution is -0.0717. The van der Waals surface area contributed by atoms with E-state index in [2.05, 4.69) is 10.2 Å². The van der Waals surface area contributed by atoms with Crippen LogP contribution < -0.4 is 5.32 Å².